The van der Waals surface area contributed by atoms with Gasteiger partial charge in [0, 0.05) is 36.1 Å². The minimum atomic E-state index is -0.881. The predicted molar refractivity (Wildman–Crippen MR) is 120 cm³/mol. The molecule has 3 aromatic rings. The maximum absolute atomic E-state index is 11.2. The molecule has 0 spiro atoms. The molecule has 5 heteroatoms. The van der Waals surface area contributed by atoms with Crippen LogP contribution < -0.4 is 4.74 Å². The second kappa shape index (κ2) is 9.18. The Bertz CT molecular complexity index is 1040. The van der Waals surface area contributed by atoms with Crippen LogP contribution >= 0.6 is 0 Å². The quantitative estimate of drug-likeness (QED) is 0.416. The second-order valence-corrected chi connectivity index (χ2v) is 7.90. The molecule has 2 aromatic carbocycles. The third kappa shape index (κ3) is 4.57. The molecular weight excluding hydrogens is 376 g/mol. The van der Waals surface area contributed by atoms with E-state index in [-0.39, 0.29) is 0 Å². The molecule has 156 valence electrons. The van der Waals surface area contributed by atoms with Crippen molar-refractivity contribution in [1.29, 1.82) is 0 Å². The lowest BCUT2D eigenvalue weighted by Crippen LogP contribution is -2.32. The van der Waals surface area contributed by atoms with Crippen molar-refractivity contribution >= 4 is 16.9 Å². The zero-order valence-electron chi connectivity index (χ0n) is 17.3. The highest BCUT2D eigenvalue weighted by Gasteiger charge is 2.17. The summed E-state index contributed by atoms with van der Waals surface area (Å²) in [4.78, 5) is 17.0. The third-order valence-corrected chi connectivity index (χ3v) is 5.92. The summed E-state index contributed by atoms with van der Waals surface area (Å²) in [6, 6.07) is 13.6. The molecule has 5 nitrogen and oxygen atoms in total. The summed E-state index contributed by atoms with van der Waals surface area (Å²) >= 11 is 0. The van der Waals surface area contributed by atoms with Crippen molar-refractivity contribution in [1.82, 2.24) is 9.88 Å². The van der Waals surface area contributed by atoms with Crippen molar-refractivity contribution < 1.29 is 14.6 Å². The largest absolute Gasteiger partial charge is 0.497 e. The molecule has 0 radical (unpaired) electrons. The SMILES string of the molecule is COc1ccc(C2C=CCN(CCCCc3c[nH]c4ccc(C(=O)O)cc34)C2)cc1. The number of hydrogen-bond donors (Lipinski definition) is 2. The van der Waals surface area contributed by atoms with Gasteiger partial charge in [-0.3, -0.25) is 4.90 Å². The molecule has 2 N–H and O–H groups in total. The standard InChI is InChI=1S/C25H28N2O3/c1-30-22-10-7-18(8-11-22)21-6-4-14-27(17-21)13-3-2-5-20-16-26-24-12-9-19(25(28)29)15-23(20)24/h4,6-12,15-16,21,26H,2-3,5,13-14,17H2,1H3,(H,28,29). The van der Waals surface area contributed by atoms with E-state index in [1.165, 1.54) is 11.1 Å². The molecule has 0 fully saturated rings. The lowest BCUT2D eigenvalue weighted by atomic mass is 9.95. The molecule has 0 amide bonds. The van der Waals surface area contributed by atoms with Gasteiger partial charge in [0.05, 0.1) is 12.7 Å². The summed E-state index contributed by atoms with van der Waals surface area (Å²) in [6.45, 7) is 3.11. The number of fused-ring (bicyclic) bond motifs is 1. The van der Waals surface area contributed by atoms with E-state index in [0.29, 0.717) is 11.5 Å². The molecular formula is C25H28N2O3. The van der Waals surface area contributed by atoms with E-state index in [4.69, 9.17) is 4.74 Å². The zero-order valence-corrected chi connectivity index (χ0v) is 17.3. The summed E-state index contributed by atoms with van der Waals surface area (Å²) in [5.74, 6) is 0.435. The van der Waals surface area contributed by atoms with Gasteiger partial charge in [-0.05, 0) is 67.3 Å². The van der Waals surface area contributed by atoms with Crippen molar-refractivity contribution in [3.8, 4) is 5.75 Å². The Hall–Kier alpha value is -3.05. The van der Waals surface area contributed by atoms with Crippen LogP contribution in [0.15, 0.2) is 60.8 Å². The number of carboxylic acid groups (broad SMARTS) is 1. The highest BCUT2D eigenvalue weighted by atomic mass is 16.5. The molecule has 0 saturated carbocycles. The van der Waals surface area contributed by atoms with Crippen LogP contribution in [-0.4, -0.2) is 47.7 Å². The van der Waals surface area contributed by atoms with Crippen LogP contribution in [0, 0.1) is 0 Å². The van der Waals surface area contributed by atoms with Crippen molar-refractivity contribution in [3.63, 3.8) is 0 Å². The number of methoxy groups -OCH3 is 1. The Kier molecular flexibility index (Phi) is 6.19. The van der Waals surface area contributed by atoms with Crippen LogP contribution in [-0.2, 0) is 6.42 Å². The van der Waals surface area contributed by atoms with E-state index < -0.39 is 5.97 Å². The summed E-state index contributed by atoms with van der Waals surface area (Å²) in [5, 5.41) is 10.3. The summed E-state index contributed by atoms with van der Waals surface area (Å²) in [7, 11) is 1.69. The topological polar surface area (TPSA) is 65.6 Å². The van der Waals surface area contributed by atoms with Crippen molar-refractivity contribution in [3.05, 3.63) is 77.5 Å². The number of ether oxygens (including phenoxy) is 1. The number of aromatic nitrogens is 1. The molecule has 0 saturated heterocycles. The predicted octanol–water partition coefficient (Wildman–Crippen LogP) is 4.85. The highest BCUT2D eigenvalue weighted by molar-refractivity contribution is 5.94. The van der Waals surface area contributed by atoms with E-state index in [1.807, 2.05) is 24.4 Å². The molecule has 1 unspecified atom stereocenters. The van der Waals surface area contributed by atoms with Crippen LogP contribution in [0.3, 0.4) is 0 Å². The van der Waals surface area contributed by atoms with Gasteiger partial charge in [0.2, 0.25) is 0 Å². The number of hydrogen-bond acceptors (Lipinski definition) is 3. The Morgan fingerprint density at radius 3 is 2.80 bits per heavy atom. The molecule has 0 aliphatic carbocycles. The van der Waals surface area contributed by atoms with Crippen LogP contribution in [0.4, 0.5) is 0 Å². The Morgan fingerprint density at radius 1 is 1.20 bits per heavy atom. The minimum Gasteiger partial charge on any atom is -0.497 e. The third-order valence-electron chi connectivity index (χ3n) is 5.92. The average Bonchev–Trinajstić information content (AvgIpc) is 3.19. The van der Waals surface area contributed by atoms with Gasteiger partial charge < -0.3 is 14.8 Å². The molecule has 2 heterocycles. The molecule has 30 heavy (non-hydrogen) atoms. The first kappa shape index (κ1) is 20.2. The highest BCUT2D eigenvalue weighted by Crippen LogP contribution is 2.25. The molecule has 1 aliphatic heterocycles. The van der Waals surface area contributed by atoms with Crippen LogP contribution in [0.1, 0.15) is 40.2 Å². The smallest absolute Gasteiger partial charge is 0.335 e. The fourth-order valence-corrected chi connectivity index (χ4v) is 4.21. The lowest BCUT2D eigenvalue weighted by Gasteiger charge is -2.29. The van der Waals surface area contributed by atoms with E-state index in [2.05, 4.69) is 34.2 Å². The molecule has 1 aliphatic rings. The number of aromatic carboxylic acids is 1. The first-order valence-electron chi connectivity index (χ1n) is 10.5. The molecule has 1 aromatic heterocycles. The van der Waals surface area contributed by atoms with E-state index in [0.717, 1.165) is 55.5 Å². The van der Waals surface area contributed by atoms with E-state index in [9.17, 15) is 9.90 Å². The van der Waals surface area contributed by atoms with Gasteiger partial charge in [-0.15, -0.1) is 0 Å². The second-order valence-electron chi connectivity index (χ2n) is 7.90. The van der Waals surface area contributed by atoms with Gasteiger partial charge in [-0.1, -0.05) is 24.3 Å². The summed E-state index contributed by atoms with van der Waals surface area (Å²) in [5.41, 5.74) is 3.86. The van der Waals surface area contributed by atoms with E-state index >= 15 is 0 Å². The van der Waals surface area contributed by atoms with Crippen LogP contribution in [0.25, 0.3) is 10.9 Å². The van der Waals surface area contributed by atoms with Crippen molar-refractivity contribution in [2.75, 3.05) is 26.7 Å². The number of H-pyrrole nitrogens is 1. The van der Waals surface area contributed by atoms with Crippen LogP contribution in [0.5, 0.6) is 5.75 Å². The van der Waals surface area contributed by atoms with Gasteiger partial charge in [0.25, 0.3) is 0 Å². The van der Waals surface area contributed by atoms with Gasteiger partial charge in [0.1, 0.15) is 5.75 Å². The van der Waals surface area contributed by atoms with Gasteiger partial charge in [-0.2, -0.15) is 0 Å². The maximum Gasteiger partial charge on any atom is 0.335 e. The fourth-order valence-electron chi connectivity index (χ4n) is 4.21. The van der Waals surface area contributed by atoms with Crippen LogP contribution in [0.2, 0.25) is 0 Å². The average molecular weight is 405 g/mol. The van der Waals surface area contributed by atoms with Gasteiger partial charge in [0.15, 0.2) is 0 Å². The van der Waals surface area contributed by atoms with Gasteiger partial charge in [-0.25, -0.2) is 4.79 Å². The monoisotopic (exact) mass is 404 g/mol. The lowest BCUT2D eigenvalue weighted by molar-refractivity contribution is 0.0697. The summed E-state index contributed by atoms with van der Waals surface area (Å²) < 4.78 is 5.26. The molecule has 4 rings (SSSR count). The van der Waals surface area contributed by atoms with Crippen molar-refractivity contribution in [2.24, 2.45) is 0 Å². The van der Waals surface area contributed by atoms with E-state index in [1.54, 1.807) is 19.2 Å². The number of carbonyl (C=O) groups is 1. The zero-order chi connectivity index (χ0) is 20.9. The minimum absolute atomic E-state index is 0.341. The number of nitrogens with one attached hydrogen (secondary N) is 1. The number of nitrogens with zero attached hydrogens (tertiary/aromatic N) is 1. The fraction of sp³-hybridized carbons (Fsp3) is 0.320. The number of aromatic amines is 1. The number of rotatable bonds is 8. The Balaban J connectivity index is 1.29. The number of aryl methyl sites for hydroxylation is 1. The number of benzene rings is 2. The molecule has 0 bridgehead atoms. The summed E-state index contributed by atoms with van der Waals surface area (Å²) in [6.07, 6.45) is 9.75. The molecule has 1 atom stereocenters. The number of unbranched alkanes of at least 4 members (excludes halogenated alkanes) is 1. The first-order valence-corrected chi connectivity index (χ1v) is 10.5. The normalized spacial score (nSPS) is 16.8. The number of carboxylic acids is 1. The van der Waals surface area contributed by atoms with Gasteiger partial charge >= 0.3 is 5.97 Å². The van der Waals surface area contributed by atoms with Crippen molar-refractivity contribution in [2.45, 2.75) is 25.2 Å². The Morgan fingerprint density at radius 2 is 2.03 bits per heavy atom. The first-order chi connectivity index (χ1) is 14.6. The maximum atomic E-state index is 11.2. The Labute approximate surface area is 177 Å².